The number of aldehydes is 1. The van der Waals surface area contributed by atoms with E-state index in [0.29, 0.717) is 17.5 Å². The minimum atomic E-state index is -2.46. The molecule has 0 aliphatic heterocycles. The smallest absolute Gasteiger partial charge is 0.255 e. The number of halogens is 2. The molecule has 0 heterocycles. The van der Waals surface area contributed by atoms with Gasteiger partial charge < -0.3 is 10.0 Å². The molecule has 5 heteroatoms. The van der Waals surface area contributed by atoms with Crippen LogP contribution in [-0.2, 0) is 0 Å². The second kappa shape index (κ2) is 6.17. The van der Waals surface area contributed by atoms with E-state index in [1.165, 1.54) is 4.90 Å². The van der Waals surface area contributed by atoms with Gasteiger partial charge in [0, 0.05) is 17.8 Å². The zero-order valence-corrected chi connectivity index (χ0v) is 8.64. The lowest BCUT2D eigenvalue weighted by Crippen LogP contribution is -2.31. The number of hydrogen-bond acceptors (Lipinski definition) is 3. The quantitative estimate of drug-likeness (QED) is 0.752. The Morgan fingerprint density at radius 2 is 1.94 bits per heavy atom. The number of carbonyl (C=O) groups excluding carboxylic acids is 1. The summed E-state index contributed by atoms with van der Waals surface area (Å²) in [7, 11) is 0. The maximum atomic E-state index is 12.3. The lowest BCUT2D eigenvalue weighted by atomic mass is 10.2. The first-order valence-electron chi connectivity index (χ1n) is 4.86. The Morgan fingerprint density at radius 1 is 1.31 bits per heavy atom. The molecular formula is C11H13F2NO2. The van der Waals surface area contributed by atoms with Gasteiger partial charge in [-0.2, -0.15) is 0 Å². The lowest BCUT2D eigenvalue weighted by Gasteiger charge is -2.23. The Labute approximate surface area is 92.3 Å². The van der Waals surface area contributed by atoms with Gasteiger partial charge in [-0.1, -0.05) is 0 Å². The van der Waals surface area contributed by atoms with Crippen LogP contribution in [0.3, 0.4) is 0 Å². The monoisotopic (exact) mass is 229 g/mol. The van der Waals surface area contributed by atoms with Gasteiger partial charge in [-0.25, -0.2) is 8.78 Å². The maximum absolute atomic E-state index is 12.3. The minimum absolute atomic E-state index is 0.144. The molecule has 1 aromatic carbocycles. The molecule has 0 aromatic heterocycles. The van der Waals surface area contributed by atoms with Crippen LogP contribution in [0.2, 0.25) is 0 Å². The summed E-state index contributed by atoms with van der Waals surface area (Å²) in [6, 6.07) is 6.28. The number of nitrogens with zero attached hydrogens (tertiary/aromatic N) is 1. The highest BCUT2D eigenvalue weighted by atomic mass is 19.3. The molecule has 0 unspecified atom stereocenters. The number of rotatable bonds is 6. The first-order chi connectivity index (χ1) is 7.67. The van der Waals surface area contributed by atoms with Crippen molar-refractivity contribution in [2.45, 2.75) is 6.43 Å². The van der Waals surface area contributed by atoms with Gasteiger partial charge in [0.2, 0.25) is 0 Å². The van der Waals surface area contributed by atoms with E-state index in [0.717, 1.165) is 0 Å². The molecule has 0 amide bonds. The van der Waals surface area contributed by atoms with Crippen LogP contribution in [-0.4, -0.2) is 37.5 Å². The van der Waals surface area contributed by atoms with Crippen LogP contribution >= 0.6 is 0 Å². The molecule has 0 saturated heterocycles. The summed E-state index contributed by atoms with van der Waals surface area (Å²) < 4.78 is 24.5. The summed E-state index contributed by atoms with van der Waals surface area (Å²) in [6.07, 6.45) is -1.77. The van der Waals surface area contributed by atoms with Crippen molar-refractivity contribution in [3.05, 3.63) is 29.8 Å². The number of anilines is 1. The molecule has 88 valence electrons. The molecule has 0 spiro atoms. The molecule has 0 bridgehead atoms. The van der Waals surface area contributed by atoms with Crippen molar-refractivity contribution >= 4 is 12.0 Å². The molecule has 0 atom stereocenters. The number of carbonyl (C=O) groups is 1. The van der Waals surface area contributed by atoms with Gasteiger partial charge in [0.05, 0.1) is 13.2 Å². The van der Waals surface area contributed by atoms with Crippen molar-refractivity contribution in [1.29, 1.82) is 0 Å². The van der Waals surface area contributed by atoms with E-state index < -0.39 is 13.0 Å². The Morgan fingerprint density at radius 3 is 2.38 bits per heavy atom. The van der Waals surface area contributed by atoms with Crippen molar-refractivity contribution in [1.82, 2.24) is 0 Å². The highest BCUT2D eigenvalue weighted by Gasteiger charge is 2.12. The standard InChI is InChI=1S/C11H13F2NO2/c12-11(13)7-14(5-6-15)10-3-1-9(8-16)2-4-10/h1-4,8,11,15H,5-7H2. The topological polar surface area (TPSA) is 40.5 Å². The van der Waals surface area contributed by atoms with Crippen LogP contribution in [0.25, 0.3) is 0 Å². The van der Waals surface area contributed by atoms with Gasteiger partial charge in [-0.3, -0.25) is 4.79 Å². The largest absolute Gasteiger partial charge is 0.395 e. The predicted molar refractivity (Wildman–Crippen MR) is 57.1 cm³/mol. The molecule has 0 saturated carbocycles. The molecular weight excluding hydrogens is 216 g/mol. The second-order valence-electron chi connectivity index (χ2n) is 3.27. The highest BCUT2D eigenvalue weighted by molar-refractivity contribution is 5.75. The van der Waals surface area contributed by atoms with E-state index in [9.17, 15) is 13.6 Å². The minimum Gasteiger partial charge on any atom is -0.395 e. The van der Waals surface area contributed by atoms with E-state index in [1.807, 2.05) is 0 Å². The van der Waals surface area contributed by atoms with Crippen molar-refractivity contribution in [2.24, 2.45) is 0 Å². The molecule has 1 rings (SSSR count). The number of benzene rings is 1. The summed E-state index contributed by atoms with van der Waals surface area (Å²) in [5.74, 6) is 0. The molecule has 0 aliphatic rings. The van der Waals surface area contributed by atoms with Gasteiger partial charge in [-0.05, 0) is 24.3 Å². The van der Waals surface area contributed by atoms with Gasteiger partial charge >= 0.3 is 0 Å². The van der Waals surface area contributed by atoms with E-state index in [4.69, 9.17) is 5.11 Å². The van der Waals surface area contributed by atoms with Crippen LogP contribution in [0.5, 0.6) is 0 Å². The van der Waals surface area contributed by atoms with Crippen LogP contribution < -0.4 is 4.90 Å². The van der Waals surface area contributed by atoms with E-state index in [1.54, 1.807) is 24.3 Å². The van der Waals surface area contributed by atoms with Crippen molar-refractivity contribution in [3.63, 3.8) is 0 Å². The normalized spacial score (nSPS) is 10.5. The fraction of sp³-hybridized carbons (Fsp3) is 0.364. The maximum Gasteiger partial charge on any atom is 0.255 e. The molecule has 3 nitrogen and oxygen atoms in total. The first kappa shape index (κ1) is 12.6. The third kappa shape index (κ3) is 3.58. The fourth-order valence-electron chi connectivity index (χ4n) is 1.38. The lowest BCUT2D eigenvalue weighted by molar-refractivity contribution is 0.112. The van der Waals surface area contributed by atoms with Gasteiger partial charge in [0.25, 0.3) is 6.43 Å². The zero-order valence-electron chi connectivity index (χ0n) is 8.64. The van der Waals surface area contributed by atoms with E-state index in [-0.39, 0.29) is 13.2 Å². The number of aliphatic hydroxyl groups excluding tert-OH is 1. The third-order valence-corrected chi connectivity index (χ3v) is 2.12. The average molecular weight is 229 g/mol. The summed E-state index contributed by atoms with van der Waals surface area (Å²) in [5.41, 5.74) is 1.06. The third-order valence-electron chi connectivity index (χ3n) is 2.12. The average Bonchev–Trinajstić information content (AvgIpc) is 2.28. The summed E-state index contributed by atoms with van der Waals surface area (Å²) in [5, 5.41) is 8.77. The highest BCUT2D eigenvalue weighted by Crippen LogP contribution is 2.15. The van der Waals surface area contributed by atoms with Gasteiger partial charge in [-0.15, -0.1) is 0 Å². The SMILES string of the molecule is O=Cc1ccc(N(CCO)CC(F)F)cc1. The Hall–Kier alpha value is -1.49. The first-order valence-corrected chi connectivity index (χ1v) is 4.86. The Balaban J connectivity index is 2.78. The number of aliphatic hydroxyl groups is 1. The van der Waals surface area contributed by atoms with Crippen molar-refractivity contribution in [2.75, 3.05) is 24.6 Å². The van der Waals surface area contributed by atoms with Crippen LogP contribution in [0, 0.1) is 0 Å². The molecule has 1 aromatic rings. The van der Waals surface area contributed by atoms with Crippen molar-refractivity contribution < 1.29 is 18.7 Å². The van der Waals surface area contributed by atoms with Crippen molar-refractivity contribution in [3.8, 4) is 0 Å². The Kier molecular flexibility index (Phi) is 4.85. The molecule has 0 fully saturated rings. The van der Waals surface area contributed by atoms with E-state index >= 15 is 0 Å². The van der Waals surface area contributed by atoms with E-state index in [2.05, 4.69) is 0 Å². The molecule has 16 heavy (non-hydrogen) atoms. The second-order valence-corrected chi connectivity index (χ2v) is 3.27. The van der Waals surface area contributed by atoms with Crippen LogP contribution in [0.4, 0.5) is 14.5 Å². The molecule has 1 N–H and O–H groups in total. The predicted octanol–water partition coefficient (Wildman–Crippen LogP) is 1.56. The van der Waals surface area contributed by atoms with Gasteiger partial charge in [0.15, 0.2) is 0 Å². The Bertz CT molecular complexity index is 327. The van der Waals surface area contributed by atoms with Crippen LogP contribution in [0.15, 0.2) is 24.3 Å². The summed E-state index contributed by atoms with van der Waals surface area (Å²) >= 11 is 0. The molecule has 0 aliphatic carbocycles. The molecule has 0 radical (unpaired) electrons. The fourth-order valence-corrected chi connectivity index (χ4v) is 1.38. The number of alkyl halides is 2. The number of hydrogen-bond donors (Lipinski definition) is 1. The van der Waals surface area contributed by atoms with Gasteiger partial charge in [0.1, 0.15) is 6.29 Å². The summed E-state index contributed by atoms with van der Waals surface area (Å²) in [6.45, 7) is -0.478. The van der Waals surface area contributed by atoms with Crippen LogP contribution in [0.1, 0.15) is 10.4 Å². The summed E-state index contributed by atoms with van der Waals surface area (Å²) in [4.78, 5) is 11.8. The zero-order chi connectivity index (χ0) is 12.0.